The average Bonchev–Trinajstić information content (AvgIpc) is 2.27. The topological polar surface area (TPSA) is 80.6 Å². The fourth-order valence-corrected chi connectivity index (χ4v) is 1.91. The highest BCUT2D eigenvalue weighted by Crippen LogP contribution is 2.10. The van der Waals surface area contributed by atoms with Gasteiger partial charge in [0.05, 0.1) is 0 Å². The number of nitrogens with one attached hydrogen (secondary N) is 1. The Morgan fingerprint density at radius 1 is 1.41 bits per heavy atom. The van der Waals surface area contributed by atoms with E-state index in [1.54, 1.807) is 13.8 Å². The summed E-state index contributed by atoms with van der Waals surface area (Å²) in [5.74, 6) is 0. The molecule has 0 aliphatic carbocycles. The van der Waals surface area contributed by atoms with Crippen molar-refractivity contribution < 1.29 is 0 Å². The van der Waals surface area contributed by atoms with E-state index < -0.39 is 5.69 Å². The minimum atomic E-state index is -0.441. The predicted octanol–water partition coefficient (Wildman–Crippen LogP) is 0.783. The van der Waals surface area contributed by atoms with Crippen LogP contribution in [0.4, 0.5) is 0 Å². The van der Waals surface area contributed by atoms with Gasteiger partial charge in [-0.25, -0.2) is 14.8 Å². The summed E-state index contributed by atoms with van der Waals surface area (Å²) in [5, 5.41) is 0.853. The number of hydrogen-bond donors (Lipinski definition) is 1. The summed E-state index contributed by atoms with van der Waals surface area (Å²) in [4.78, 5) is 34.5. The van der Waals surface area contributed by atoms with Crippen LogP contribution in [0, 0.1) is 0 Å². The van der Waals surface area contributed by atoms with Crippen molar-refractivity contribution in [3.05, 3.63) is 27.0 Å². The summed E-state index contributed by atoms with van der Waals surface area (Å²) < 4.78 is 1.16. The van der Waals surface area contributed by atoms with Crippen molar-refractivity contribution >= 4 is 22.8 Å². The number of rotatable bonds is 2. The van der Waals surface area contributed by atoms with Gasteiger partial charge in [-0.05, 0) is 20.1 Å². The van der Waals surface area contributed by atoms with Crippen LogP contribution in [0.3, 0.4) is 0 Å². The zero-order valence-electron chi connectivity index (χ0n) is 9.72. The Bertz CT molecular complexity index is 674. The van der Waals surface area contributed by atoms with Crippen LogP contribution in [-0.2, 0) is 0 Å². The molecule has 7 heteroatoms. The average molecular weight is 252 g/mol. The summed E-state index contributed by atoms with van der Waals surface area (Å²) in [5.41, 5.74) is -0.508. The molecule has 2 rings (SSSR count). The molecular weight excluding hydrogens is 240 g/mol. The molecule has 6 nitrogen and oxygen atoms in total. The normalized spacial score (nSPS) is 11.3. The van der Waals surface area contributed by atoms with Gasteiger partial charge in [-0.1, -0.05) is 11.8 Å². The van der Waals surface area contributed by atoms with Crippen molar-refractivity contribution in [1.29, 1.82) is 0 Å². The van der Waals surface area contributed by atoms with Gasteiger partial charge < -0.3 is 0 Å². The lowest BCUT2D eigenvalue weighted by molar-refractivity contribution is 0.551. The lowest BCUT2D eigenvalue weighted by atomic mass is 10.3. The minimum Gasteiger partial charge on any atom is -0.291 e. The molecule has 0 spiro atoms. The molecule has 1 N–H and O–H groups in total. The largest absolute Gasteiger partial charge is 0.330 e. The van der Waals surface area contributed by atoms with Crippen molar-refractivity contribution in [3.63, 3.8) is 0 Å². The molecule has 2 heterocycles. The molecule has 0 fully saturated rings. The van der Waals surface area contributed by atoms with E-state index in [4.69, 9.17) is 0 Å². The van der Waals surface area contributed by atoms with Crippen LogP contribution in [0.2, 0.25) is 0 Å². The van der Waals surface area contributed by atoms with Crippen molar-refractivity contribution in [3.8, 4) is 0 Å². The Hall–Kier alpha value is -1.63. The van der Waals surface area contributed by atoms with Crippen LogP contribution in [0.25, 0.3) is 11.0 Å². The van der Waals surface area contributed by atoms with Crippen molar-refractivity contribution in [2.75, 3.05) is 6.26 Å². The second-order valence-corrected chi connectivity index (χ2v) is 4.59. The van der Waals surface area contributed by atoms with Gasteiger partial charge in [-0.15, -0.1) is 0 Å². The van der Waals surface area contributed by atoms with Gasteiger partial charge in [0.1, 0.15) is 5.39 Å². The first-order valence-corrected chi connectivity index (χ1v) is 6.32. The minimum absolute atomic E-state index is 0.198. The van der Waals surface area contributed by atoms with Crippen molar-refractivity contribution in [1.82, 2.24) is 19.5 Å². The Morgan fingerprint density at radius 2 is 2.12 bits per heavy atom. The fraction of sp³-hybridized carbons (Fsp3) is 0.400. The Balaban J connectivity index is 2.86. The van der Waals surface area contributed by atoms with Crippen LogP contribution in [-0.4, -0.2) is 25.8 Å². The van der Waals surface area contributed by atoms with Gasteiger partial charge in [0.15, 0.2) is 10.8 Å². The zero-order valence-corrected chi connectivity index (χ0v) is 10.5. The number of H-pyrrole nitrogens is 1. The van der Waals surface area contributed by atoms with E-state index in [0.717, 1.165) is 4.57 Å². The van der Waals surface area contributed by atoms with Crippen molar-refractivity contribution in [2.45, 2.75) is 25.0 Å². The maximum absolute atomic E-state index is 12.0. The molecule has 0 bridgehead atoms. The number of fused-ring (bicyclic) bond motifs is 1. The Kier molecular flexibility index (Phi) is 3.01. The van der Waals surface area contributed by atoms with Gasteiger partial charge in [-0.2, -0.15) is 0 Å². The molecule has 2 aromatic heterocycles. The van der Waals surface area contributed by atoms with E-state index in [2.05, 4.69) is 15.0 Å². The van der Waals surface area contributed by atoms with Gasteiger partial charge >= 0.3 is 5.69 Å². The number of hydrogen-bond acceptors (Lipinski definition) is 5. The molecule has 0 amide bonds. The molecule has 0 atom stereocenters. The number of thioether (sulfide) groups is 1. The molecule has 0 saturated carbocycles. The highest BCUT2D eigenvalue weighted by Gasteiger charge is 2.11. The predicted molar refractivity (Wildman–Crippen MR) is 66.6 cm³/mol. The second kappa shape index (κ2) is 4.33. The van der Waals surface area contributed by atoms with E-state index in [0.29, 0.717) is 10.5 Å². The molecule has 0 aliphatic heterocycles. The highest BCUT2D eigenvalue weighted by atomic mass is 32.2. The van der Waals surface area contributed by atoms with Crippen molar-refractivity contribution in [2.24, 2.45) is 0 Å². The lowest BCUT2D eigenvalue weighted by Gasteiger charge is -2.08. The maximum Gasteiger partial charge on any atom is 0.330 e. The first-order chi connectivity index (χ1) is 8.04. The third kappa shape index (κ3) is 1.97. The molecule has 17 heavy (non-hydrogen) atoms. The van der Waals surface area contributed by atoms with E-state index in [9.17, 15) is 9.59 Å². The Morgan fingerprint density at radius 3 is 2.71 bits per heavy atom. The Labute approximate surface area is 101 Å². The SMILES string of the molecule is CSc1ncc2c(=O)n(C(C)C)c(=O)[nH]c2n1. The van der Waals surface area contributed by atoms with Gasteiger partial charge in [0.25, 0.3) is 5.56 Å². The molecule has 90 valence electrons. The van der Waals surface area contributed by atoms with E-state index in [1.165, 1.54) is 18.0 Å². The summed E-state index contributed by atoms with van der Waals surface area (Å²) in [6.45, 7) is 3.55. The van der Waals surface area contributed by atoms with Crippen LogP contribution in [0.5, 0.6) is 0 Å². The number of nitrogens with zero attached hydrogens (tertiary/aromatic N) is 3. The number of aromatic amines is 1. The van der Waals surface area contributed by atoms with Crippen LogP contribution in [0.1, 0.15) is 19.9 Å². The second-order valence-electron chi connectivity index (χ2n) is 3.82. The van der Waals surface area contributed by atoms with Gasteiger partial charge in [0, 0.05) is 12.2 Å². The summed E-state index contributed by atoms with van der Waals surface area (Å²) >= 11 is 1.35. The third-order valence-corrected chi connectivity index (χ3v) is 2.92. The smallest absolute Gasteiger partial charge is 0.291 e. The van der Waals surface area contributed by atoms with Crippen LogP contribution in [0.15, 0.2) is 20.9 Å². The summed E-state index contributed by atoms with van der Waals surface area (Å²) in [6.07, 6.45) is 3.28. The van der Waals surface area contributed by atoms with Crippen LogP contribution < -0.4 is 11.2 Å². The number of aromatic nitrogens is 4. The van der Waals surface area contributed by atoms with E-state index >= 15 is 0 Å². The first kappa shape index (κ1) is 11.8. The molecule has 0 saturated heterocycles. The third-order valence-electron chi connectivity index (χ3n) is 2.36. The molecule has 2 aromatic rings. The first-order valence-electron chi connectivity index (χ1n) is 5.10. The standard InChI is InChI=1S/C10H12N4O2S/c1-5(2)14-8(15)6-4-11-9(17-3)12-7(6)13-10(14)16/h4-5H,1-3H3,(H,11,12,13,16). The van der Waals surface area contributed by atoms with Crippen LogP contribution >= 0.6 is 11.8 Å². The molecule has 0 unspecified atom stereocenters. The monoisotopic (exact) mass is 252 g/mol. The maximum atomic E-state index is 12.0. The summed E-state index contributed by atoms with van der Waals surface area (Å²) in [6, 6.07) is -0.198. The molecule has 0 radical (unpaired) electrons. The van der Waals surface area contributed by atoms with Gasteiger partial charge in [-0.3, -0.25) is 14.3 Å². The van der Waals surface area contributed by atoms with Gasteiger partial charge in [0.2, 0.25) is 0 Å². The fourth-order valence-electron chi connectivity index (χ4n) is 1.57. The molecule has 0 aliphatic rings. The molecular formula is C10H12N4O2S. The highest BCUT2D eigenvalue weighted by molar-refractivity contribution is 7.98. The zero-order chi connectivity index (χ0) is 12.6. The van der Waals surface area contributed by atoms with E-state index in [1.807, 2.05) is 6.26 Å². The quantitative estimate of drug-likeness (QED) is 0.631. The summed E-state index contributed by atoms with van der Waals surface area (Å²) in [7, 11) is 0. The molecule has 0 aromatic carbocycles. The van der Waals surface area contributed by atoms with E-state index in [-0.39, 0.29) is 17.2 Å². The lowest BCUT2D eigenvalue weighted by Crippen LogP contribution is -2.36.